The van der Waals surface area contributed by atoms with Crippen LogP contribution in [0.25, 0.3) is 0 Å². The van der Waals surface area contributed by atoms with Gasteiger partial charge < -0.3 is 21.3 Å². The summed E-state index contributed by atoms with van der Waals surface area (Å²) in [5.74, 6) is 0.448. The minimum atomic E-state index is -0.588. The smallest absolute Gasteiger partial charge is 0.253 e. The Labute approximate surface area is 228 Å². The molecule has 2 saturated heterocycles. The van der Waals surface area contributed by atoms with Gasteiger partial charge in [-0.15, -0.1) is 0 Å². The molecule has 1 unspecified atom stereocenters. The number of nitrogens with two attached hydrogens (primary N) is 1. The van der Waals surface area contributed by atoms with Crippen LogP contribution in [-0.2, 0) is 0 Å². The number of benzene rings is 1. The first-order valence-electron chi connectivity index (χ1n) is 13.8. The molecule has 3 atom stereocenters. The highest BCUT2D eigenvalue weighted by molar-refractivity contribution is 6.34. The Morgan fingerprint density at radius 3 is 2.29 bits per heavy atom. The van der Waals surface area contributed by atoms with Crippen molar-refractivity contribution in [2.24, 2.45) is 11.7 Å². The Hall–Kier alpha value is -3.13. The van der Waals surface area contributed by atoms with E-state index in [1.807, 2.05) is 12.1 Å². The summed E-state index contributed by atoms with van der Waals surface area (Å²) in [6.07, 6.45) is 9.13. The molecular weight excluding hydrogens is 502 g/mol. The minimum absolute atomic E-state index is 0.00860. The van der Waals surface area contributed by atoms with Gasteiger partial charge in [-0.2, -0.15) is 0 Å². The van der Waals surface area contributed by atoms with Crippen molar-refractivity contribution in [2.45, 2.75) is 89.4 Å². The number of pyridine rings is 1. The molecule has 9 heteroatoms. The highest BCUT2D eigenvalue weighted by Gasteiger charge is 2.42. The quantitative estimate of drug-likeness (QED) is 0.369. The molecular formula is C29H36ClN5O3. The van der Waals surface area contributed by atoms with Crippen LogP contribution >= 0.6 is 11.6 Å². The second kappa shape index (κ2) is 10.9. The predicted octanol–water partition coefficient (Wildman–Crippen LogP) is 4.96. The van der Waals surface area contributed by atoms with E-state index in [1.54, 1.807) is 12.3 Å². The van der Waals surface area contributed by atoms with Gasteiger partial charge in [0.05, 0.1) is 16.1 Å². The molecule has 3 fully saturated rings. The lowest BCUT2D eigenvalue weighted by Crippen LogP contribution is -2.50. The van der Waals surface area contributed by atoms with Crippen molar-refractivity contribution in [3.05, 3.63) is 52.2 Å². The third-order valence-corrected chi connectivity index (χ3v) is 8.59. The minimum Gasteiger partial charge on any atom is -0.382 e. The number of halogens is 1. The molecule has 4 N–H and O–H groups in total. The number of carbonyl (C=O) groups excluding carboxylic acids is 3. The Morgan fingerprint density at radius 2 is 1.74 bits per heavy atom. The second-order valence-corrected chi connectivity index (χ2v) is 11.3. The van der Waals surface area contributed by atoms with E-state index < -0.39 is 5.91 Å². The van der Waals surface area contributed by atoms with Crippen LogP contribution in [0.1, 0.15) is 96.3 Å². The molecule has 1 saturated carbocycles. The molecule has 1 aromatic carbocycles. The third kappa shape index (κ3) is 5.37. The summed E-state index contributed by atoms with van der Waals surface area (Å²) in [5.41, 5.74) is 7.43. The average molecular weight is 538 g/mol. The van der Waals surface area contributed by atoms with E-state index in [1.165, 1.54) is 6.07 Å². The lowest BCUT2D eigenvalue weighted by Gasteiger charge is -2.40. The number of anilines is 2. The van der Waals surface area contributed by atoms with Crippen molar-refractivity contribution >= 4 is 40.7 Å². The molecule has 0 spiro atoms. The number of nitrogens with one attached hydrogen (secondary N) is 2. The zero-order chi connectivity index (χ0) is 27.0. The Kier molecular flexibility index (Phi) is 7.61. The van der Waals surface area contributed by atoms with Crippen molar-refractivity contribution in [1.29, 1.82) is 0 Å². The highest BCUT2D eigenvalue weighted by Crippen LogP contribution is 2.39. The number of fused-ring (bicyclic) bond motifs is 2. The van der Waals surface area contributed by atoms with Gasteiger partial charge in [-0.1, -0.05) is 25.4 Å². The van der Waals surface area contributed by atoms with Crippen LogP contribution in [0.4, 0.5) is 11.5 Å². The average Bonchev–Trinajstić information content (AvgIpc) is 3.72. The number of carbonyl (C=O) groups is 3. The molecule has 2 aliphatic heterocycles. The molecule has 0 radical (unpaired) electrons. The summed E-state index contributed by atoms with van der Waals surface area (Å²) < 4.78 is 0. The number of ketones is 1. The van der Waals surface area contributed by atoms with Gasteiger partial charge in [0.1, 0.15) is 5.82 Å². The van der Waals surface area contributed by atoms with E-state index in [2.05, 4.69) is 34.4 Å². The molecule has 5 rings (SSSR count). The van der Waals surface area contributed by atoms with E-state index in [4.69, 9.17) is 17.3 Å². The maximum absolute atomic E-state index is 13.3. The molecule has 8 nitrogen and oxygen atoms in total. The summed E-state index contributed by atoms with van der Waals surface area (Å²) in [6.45, 7) is 4.12. The molecule has 3 heterocycles. The number of rotatable bonds is 10. The highest BCUT2D eigenvalue weighted by atomic mass is 35.5. The van der Waals surface area contributed by atoms with E-state index in [9.17, 15) is 14.4 Å². The predicted molar refractivity (Wildman–Crippen MR) is 149 cm³/mol. The summed E-state index contributed by atoms with van der Waals surface area (Å²) in [7, 11) is 0. The Bertz CT molecular complexity index is 1210. The normalized spacial score (nSPS) is 22.4. The van der Waals surface area contributed by atoms with Gasteiger partial charge in [-0.05, 0) is 75.6 Å². The van der Waals surface area contributed by atoms with Crippen molar-refractivity contribution in [2.75, 3.05) is 10.2 Å². The fourth-order valence-corrected chi connectivity index (χ4v) is 6.23. The number of hydrogen-bond acceptors (Lipinski definition) is 6. The Morgan fingerprint density at radius 1 is 1.05 bits per heavy atom. The van der Waals surface area contributed by atoms with Crippen molar-refractivity contribution in [3.63, 3.8) is 0 Å². The Balaban J connectivity index is 1.27. The number of Topliss-reactive ketones (excluding diaryl/α,β-unsaturated/α-hetero) is 1. The van der Waals surface area contributed by atoms with Crippen LogP contribution in [0.3, 0.4) is 0 Å². The molecule has 2 aromatic rings. The first kappa shape index (κ1) is 26.5. The largest absolute Gasteiger partial charge is 0.382 e. The summed E-state index contributed by atoms with van der Waals surface area (Å²) in [6, 6.07) is 7.71. The molecule has 1 aliphatic carbocycles. The summed E-state index contributed by atoms with van der Waals surface area (Å²) >= 11 is 6.46. The molecule has 38 heavy (non-hydrogen) atoms. The zero-order valence-corrected chi connectivity index (χ0v) is 22.8. The topological polar surface area (TPSA) is 117 Å². The summed E-state index contributed by atoms with van der Waals surface area (Å²) in [5, 5.41) is 6.74. The van der Waals surface area contributed by atoms with Gasteiger partial charge >= 0.3 is 0 Å². The third-order valence-electron chi connectivity index (χ3n) is 8.28. The first-order valence-corrected chi connectivity index (χ1v) is 14.2. The van der Waals surface area contributed by atoms with Crippen molar-refractivity contribution in [3.8, 4) is 0 Å². The number of nitrogens with zero attached hydrogens (tertiary/aromatic N) is 2. The number of primary amides is 1. The van der Waals surface area contributed by atoms with Crippen molar-refractivity contribution < 1.29 is 14.4 Å². The number of aromatic nitrogens is 1. The number of amides is 2. The molecule has 202 valence electrons. The van der Waals surface area contributed by atoms with Crippen molar-refractivity contribution in [1.82, 2.24) is 10.3 Å². The zero-order valence-electron chi connectivity index (χ0n) is 22.0. The van der Waals surface area contributed by atoms with E-state index >= 15 is 0 Å². The van der Waals surface area contributed by atoms with Crippen LogP contribution in [0.2, 0.25) is 5.02 Å². The number of hydrogen-bond donors (Lipinski definition) is 3. The van der Waals surface area contributed by atoms with E-state index in [-0.39, 0.29) is 52.4 Å². The SMILES string of the molecule is CCC(CC)Nc1cc(C(=O)NC2C[C@H]3CC[C@@H](C2)N3c2ccc(C(=O)C3CC3)cn2)c(Cl)cc1C(N)=O. The number of piperidine rings is 1. The van der Waals surface area contributed by atoms with Gasteiger partial charge in [-0.25, -0.2) is 4.98 Å². The summed E-state index contributed by atoms with van der Waals surface area (Å²) in [4.78, 5) is 44.7. The fourth-order valence-electron chi connectivity index (χ4n) is 5.98. The molecule has 2 bridgehead atoms. The molecule has 2 amide bonds. The lowest BCUT2D eigenvalue weighted by molar-refractivity contribution is 0.0924. The van der Waals surface area contributed by atoms with E-state index in [0.717, 1.165) is 57.2 Å². The van der Waals surface area contributed by atoms with Gasteiger partial charge in [0.25, 0.3) is 11.8 Å². The van der Waals surface area contributed by atoms with Crippen LogP contribution in [0.15, 0.2) is 30.5 Å². The van der Waals surface area contributed by atoms with Gasteiger partial charge in [-0.3, -0.25) is 14.4 Å². The van der Waals surface area contributed by atoms with Crippen LogP contribution in [0.5, 0.6) is 0 Å². The lowest BCUT2D eigenvalue weighted by atomic mass is 9.96. The maximum Gasteiger partial charge on any atom is 0.253 e. The second-order valence-electron chi connectivity index (χ2n) is 10.9. The molecule has 3 aliphatic rings. The molecule has 1 aromatic heterocycles. The van der Waals surface area contributed by atoms with Crippen LogP contribution in [-0.4, -0.2) is 46.7 Å². The first-order chi connectivity index (χ1) is 18.3. The maximum atomic E-state index is 13.3. The van der Waals surface area contributed by atoms with Gasteiger partial charge in [0, 0.05) is 47.5 Å². The van der Waals surface area contributed by atoms with Crippen LogP contribution in [0, 0.1) is 5.92 Å². The van der Waals surface area contributed by atoms with Gasteiger partial charge in [0.2, 0.25) is 0 Å². The van der Waals surface area contributed by atoms with Gasteiger partial charge in [0.15, 0.2) is 5.78 Å². The fraction of sp³-hybridized carbons (Fsp3) is 0.517. The van der Waals surface area contributed by atoms with E-state index in [0.29, 0.717) is 16.8 Å². The monoisotopic (exact) mass is 537 g/mol. The van der Waals surface area contributed by atoms with Crippen LogP contribution < -0.4 is 21.3 Å². The standard InChI is InChI=1S/C29H36ClN5O3/c1-3-18(4-2)33-25-14-22(24(30)13-23(25)28(31)37)29(38)34-19-11-20-8-9-21(12-19)35(20)26-10-7-17(15-32-26)27(36)16-5-6-16/h7,10,13-16,18-21,33H,3-6,8-9,11-12H2,1-2H3,(H2,31,37)(H,34,38)/t19?,20-,21+.